The molecule has 1 unspecified atom stereocenters. The lowest BCUT2D eigenvalue weighted by atomic mass is 10.1. The molecule has 0 fully saturated rings. The summed E-state index contributed by atoms with van der Waals surface area (Å²) in [4.78, 5) is 24.6. The van der Waals surface area contributed by atoms with Crippen molar-refractivity contribution in [1.82, 2.24) is 4.90 Å². The van der Waals surface area contributed by atoms with E-state index >= 15 is 0 Å². The molecule has 0 saturated carbocycles. The van der Waals surface area contributed by atoms with Crippen LogP contribution in [0.3, 0.4) is 0 Å². The van der Waals surface area contributed by atoms with Crippen LogP contribution in [0.15, 0.2) is 22.7 Å². The fraction of sp³-hybridized carbons (Fsp3) is 0.385. The topological polar surface area (TPSA) is 57.6 Å². The monoisotopic (exact) mass is 347 g/mol. The highest BCUT2D eigenvalue weighted by Crippen LogP contribution is 2.21. The lowest BCUT2D eigenvalue weighted by molar-refractivity contribution is -0.141. The first-order valence-corrected chi connectivity index (χ1v) is 7.00. The van der Waals surface area contributed by atoms with Crippen LogP contribution in [-0.4, -0.2) is 35.0 Å². The molecule has 0 aliphatic carbocycles. The molecule has 1 rings (SSSR count). The maximum absolute atomic E-state index is 12.3. The fourth-order valence-corrected chi connectivity index (χ4v) is 2.48. The van der Waals surface area contributed by atoms with E-state index in [2.05, 4.69) is 15.9 Å². The first-order chi connectivity index (χ1) is 8.85. The van der Waals surface area contributed by atoms with Crippen LogP contribution < -0.4 is 0 Å². The summed E-state index contributed by atoms with van der Waals surface area (Å²) in [7, 11) is 0. The van der Waals surface area contributed by atoms with E-state index < -0.39 is 11.9 Å². The summed E-state index contributed by atoms with van der Waals surface area (Å²) in [5.41, 5.74) is 0.443. The molecule has 0 heterocycles. The second kappa shape index (κ2) is 6.91. The Hall–Kier alpha value is -1.07. The first kappa shape index (κ1) is 16.0. The Bertz CT molecular complexity index is 473. The standard InChI is InChI=1S/C13H15BrClNO3/c1-3-16(7-8(2)13(18)19)12(17)9-4-10(14)6-11(15)5-9/h4-6,8H,3,7H2,1-2H3,(H,18,19). The van der Waals surface area contributed by atoms with E-state index in [-0.39, 0.29) is 12.5 Å². The maximum atomic E-state index is 12.3. The van der Waals surface area contributed by atoms with Crippen molar-refractivity contribution in [1.29, 1.82) is 0 Å². The van der Waals surface area contributed by atoms with E-state index in [1.165, 1.54) is 4.90 Å². The normalized spacial score (nSPS) is 12.0. The molecule has 1 N–H and O–H groups in total. The van der Waals surface area contributed by atoms with Gasteiger partial charge in [-0.25, -0.2) is 0 Å². The molecule has 0 spiro atoms. The number of carbonyl (C=O) groups is 2. The van der Waals surface area contributed by atoms with Gasteiger partial charge in [0.25, 0.3) is 5.91 Å². The van der Waals surface area contributed by atoms with Gasteiger partial charge in [0.05, 0.1) is 5.92 Å². The minimum atomic E-state index is -0.918. The number of benzene rings is 1. The zero-order valence-corrected chi connectivity index (χ0v) is 13.0. The largest absolute Gasteiger partial charge is 0.481 e. The Kier molecular flexibility index (Phi) is 5.82. The molecule has 1 aromatic rings. The van der Waals surface area contributed by atoms with Crippen LogP contribution in [0, 0.1) is 5.92 Å². The molecule has 0 saturated heterocycles. The van der Waals surface area contributed by atoms with Gasteiger partial charge in [-0.15, -0.1) is 0 Å². The number of halogens is 2. The number of carboxylic acid groups (broad SMARTS) is 1. The van der Waals surface area contributed by atoms with Gasteiger partial charge >= 0.3 is 5.97 Å². The number of carbonyl (C=O) groups excluding carboxylic acids is 1. The molecular weight excluding hydrogens is 334 g/mol. The molecule has 1 amide bonds. The molecule has 4 nitrogen and oxygen atoms in total. The second-order valence-corrected chi connectivity index (χ2v) is 5.59. The average Bonchev–Trinajstić information content (AvgIpc) is 2.33. The van der Waals surface area contributed by atoms with Crippen LogP contribution in [0.5, 0.6) is 0 Å². The van der Waals surface area contributed by atoms with Crippen molar-refractivity contribution in [3.63, 3.8) is 0 Å². The molecule has 1 aromatic carbocycles. The molecule has 0 radical (unpaired) electrons. The minimum absolute atomic E-state index is 0.175. The summed E-state index contributed by atoms with van der Waals surface area (Å²) in [6.07, 6.45) is 0. The Morgan fingerprint density at radius 1 is 1.42 bits per heavy atom. The van der Waals surface area contributed by atoms with Crippen molar-refractivity contribution in [3.05, 3.63) is 33.3 Å². The van der Waals surface area contributed by atoms with Gasteiger partial charge in [-0.05, 0) is 25.1 Å². The lowest BCUT2D eigenvalue weighted by Crippen LogP contribution is -2.36. The summed E-state index contributed by atoms with van der Waals surface area (Å²) >= 11 is 9.18. The Labute approximate surface area is 125 Å². The van der Waals surface area contributed by atoms with Crippen molar-refractivity contribution in [2.24, 2.45) is 5.92 Å². The molecule has 104 valence electrons. The summed E-state index contributed by atoms with van der Waals surface area (Å²) in [6.45, 7) is 4.01. The third kappa shape index (κ3) is 4.51. The zero-order valence-electron chi connectivity index (χ0n) is 10.7. The number of hydrogen-bond donors (Lipinski definition) is 1. The minimum Gasteiger partial charge on any atom is -0.481 e. The summed E-state index contributed by atoms with van der Waals surface area (Å²) in [6, 6.07) is 4.93. The van der Waals surface area contributed by atoms with Crippen molar-refractivity contribution < 1.29 is 14.7 Å². The van der Waals surface area contributed by atoms with Crippen molar-refractivity contribution in [2.75, 3.05) is 13.1 Å². The highest BCUT2D eigenvalue weighted by atomic mass is 79.9. The number of rotatable bonds is 5. The number of amides is 1. The van der Waals surface area contributed by atoms with Crippen molar-refractivity contribution in [3.8, 4) is 0 Å². The Morgan fingerprint density at radius 2 is 2.05 bits per heavy atom. The van der Waals surface area contributed by atoms with E-state index in [1.807, 2.05) is 6.92 Å². The van der Waals surface area contributed by atoms with E-state index in [9.17, 15) is 9.59 Å². The molecule has 0 aliphatic rings. The Morgan fingerprint density at radius 3 is 2.53 bits per heavy atom. The van der Waals surface area contributed by atoms with Gasteiger partial charge in [0, 0.05) is 28.1 Å². The fourth-order valence-electron chi connectivity index (χ4n) is 1.62. The molecule has 0 aliphatic heterocycles. The predicted octanol–water partition coefficient (Wildman–Crippen LogP) is 3.29. The molecule has 0 bridgehead atoms. The van der Waals surface area contributed by atoms with Gasteiger partial charge in [-0.1, -0.05) is 34.5 Å². The SMILES string of the molecule is CCN(CC(C)C(=O)O)C(=O)c1cc(Cl)cc(Br)c1. The van der Waals surface area contributed by atoms with Crippen LogP contribution in [-0.2, 0) is 4.79 Å². The van der Waals surface area contributed by atoms with Gasteiger partial charge in [-0.2, -0.15) is 0 Å². The Balaban J connectivity index is 2.92. The highest BCUT2D eigenvalue weighted by molar-refractivity contribution is 9.10. The maximum Gasteiger partial charge on any atom is 0.308 e. The number of carboxylic acids is 1. The van der Waals surface area contributed by atoms with Crippen LogP contribution >= 0.6 is 27.5 Å². The van der Waals surface area contributed by atoms with Crippen LogP contribution in [0.25, 0.3) is 0 Å². The third-order valence-electron chi connectivity index (χ3n) is 2.69. The smallest absolute Gasteiger partial charge is 0.308 e. The average molecular weight is 349 g/mol. The van der Waals surface area contributed by atoms with Gasteiger partial charge in [0.15, 0.2) is 0 Å². The number of hydrogen-bond acceptors (Lipinski definition) is 2. The number of aliphatic carboxylic acids is 1. The quantitative estimate of drug-likeness (QED) is 0.888. The second-order valence-electron chi connectivity index (χ2n) is 4.24. The zero-order chi connectivity index (χ0) is 14.6. The molecule has 0 aromatic heterocycles. The summed E-state index contributed by atoms with van der Waals surface area (Å²) in [5.74, 6) is -1.75. The van der Waals surface area contributed by atoms with E-state index in [4.69, 9.17) is 16.7 Å². The predicted molar refractivity (Wildman–Crippen MR) is 77.5 cm³/mol. The van der Waals surface area contributed by atoms with Crippen LogP contribution in [0.2, 0.25) is 5.02 Å². The van der Waals surface area contributed by atoms with Crippen LogP contribution in [0.1, 0.15) is 24.2 Å². The molecular formula is C13H15BrClNO3. The molecule has 1 atom stereocenters. The van der Waals surface area contributed by atoms with Gasteiger partial charge in [0.1, 0.15) is 0 Å². The van der Waals surface area contributed by atoms with E-state index in [0.717, 1.165) is 0 Å². The van der Waals surface area contributed by atoms with Gasteiger partial charge < -0.3 is 10.0 Å². The summed E-state index contributed by atoms with van der Waals surface area (Å²) < 4.78 is 0.714. The summed E-state index contributed by atoms with van der Waals surface area (Å²) in [5, 5.41) is 9.36. The van der Waals surface area contributed by atoms with E-state index in [0.29, 0.717) is 21.6 Å². The first-order valence-electron chi connectivity index (χ1n) is 5.83. The highest BCUT2D eigenvalue weighted by Gasteiger charge is 2.20. The lowest BCUT2D eigenvalue weighted by Gasteiger charge is -2.23. The third-order valence-corrected chi connectivity index (χ3v) is 3.37. The van der Waals surface area contributed by atoms with Crippen molar-refractivity contribution in [2.45, 2.75) is 13.8 Å². The number of nitrogens with zero attached hydrogens (tertiary/aromatic N) is 1. The van der Waals surface area contributed by atoms with E-state index in [1.54, 1.807) is 25.1 Å². The molecule has 6 heteroatoms. The van der Waals surface area contributed by atoms with Gasteiger partial charge in [-0.3, -0.25) is 9.59 Å². The van der Waals surface area contributed by atoms with Crippen LogP contribution in [0.4, 0.5) is 0 Å². The van der Waals surface area contributed by atoms with Crippen molar-refractivity contribution >= 4 is 39.4 Å². The molecule has 19 heavy (non-hydrogen) atoms. The van der Waals surface area contributed by atoms with Gasteiger partial charge in [0.2, 0.25) is 0 Å².